The van der Waals surface area contributed by atoms with E-state index in [1.807, 2.05) is 0 Å². The molecule has 2 amide bonds. The zero-order valence-corrected chi connectivity index (χ0v) is 10.3. The Kier molecular flexibility index (Phi) is 2.81. The van der Waals surface area contributed by atoms with Gasteiger partial charge in [0.2, 0.25) is 0 Å². The first kappa shape index (κ1) is 11.9. The van der Waals surface area contributed by atoms with Crippen LogP contribution in [0.15, 0.2) is 18.6 Å². The zero-order valence-electron chi connectivity index (χ0n) is 10.3. The van der Waals surface area contributed by atoms with Crippen molar-refractivity contribution in [3.05, 3.63) is 24.3 Å². The van der Waals surface area contributed by atoms with Crippen LogP contribution in [-0.4, -0.2) is 52.1 Å². The third kappa shape index (κ3) is 2.23. The minimum absolute atomic E-state index is 0.125. The number of piperidine rings is 1. The quantitative estimate of drug-likeness (QED) is 0.781. The molecule has 3 heterocycles. The molecule has 19 heavy (non-hydrogen) atoms. The van der Waals surface area contributed by atoms with E-state index >= 15 is 0 Å². The van der Waals surface area contributed by atoms with Gasteiger partial charge >= 0.3 is 6.09 Å². The molecule has 7 heteroatoms. The van der Waals surface area contributed by atoms with Crippen LogP contribution < -0.4 is 5.32 Å². The van der Waals surface area contributed by atoms with Gasteiger partial charge in [-0.2, -0.15) is 0 Å². The predicted molar refractivity (Wildman–Crippen MR) is 64.4 cm³/mol. The monoisotopic (exact) mass is 262 g/mol. The molecule has 100 valence electrons. The van der Waals surface area contributed by atoms with Gasteiger partial charge in [-0.1, -0.05) is 0 Å². The van der Waals surface area contributed by atoms with E-state index < -0.39 is 5.60 Å². The molecule has 0 unspecified atom stereocenters. The van der Waals surface area contributed by atoms with Crippen molar-refractivity contribution in [2.75, 3.05) is 19.6 Å². The highest BCUT2D eigenvalue weighted by Crippen LogP contribution is 2.29. The lowest BCUT2D eigenvalue weighted by Gasteiger charge is -2.36. The molecule has 1 aromatic heterocycles. The maximum atomic E-state index is 12.2. The summed E-state index contributed by atoms with van der Waals surface area (Å²) in [6, 6.07) is 0. The molecule has 2 saturated heterocycles. The fraction of sp³-hybridized carbons (Fsp3) is 0.500. The van der Waals surface area contributed by atoms with Crippen molar-refractivity contribution in [1.29, 1.82) is 0 Å². The van der Waals surface area contributed by atoms with Gasteiger partial charge in [0.15, 0.2) is 0 Å². The molecule has 2 aliphatic heterocycles. The smallest absolute Gasteiger partial charge is 0.407 e. The highest BCUT2D eigenvalue weighted by Gasteiger charge is 2.43. The van der Waals surface area contributed by atoms with E-state index in [1.54, 1.807) is 4.90 Å². The number of aromatic nitrogens is 2. The summed E-state index contributed by atoms with van der Waals surface area (Å²) >= 11 is 0. The van der Waals surface area contributed by atoms with Crippen molar-refractivity contribution in [2.24, 2.45) is 0 Å². The summed E-state index contributed by atoms with van der Waals surface area (Å²) in [4.78, 5) is 32.9. The van der Waals surface area contributed by atoms with Gasteiger partial charge in [-0.25, -0.2) is 9.78 Å². The molecule has 0 bridgehead atoms. The van der Waals surface area contributed by atoms with Crippen molar-refractivity contribution in [2.45, 2.75) is 18.4 Å². The Labute approximate surface area is 110 Å². The molecule has 1 N–H and O–H groups in total. The van der Waals surface area contributed by atoms with E-state index in [4.69, 9.17) is 4.74 Å². The van der Waals surface area contributed by atoms with E-state index in [-0.39, 0.29) is 12.0 Å². The van der Waals surface area contributed by atoms with Crippen LogP contribution in [0, 0.1) is 0 Å². The lowest BCUT2D eigenvalue weighted by Crippen LogP contribution is -2.48. The Balaban J connectivity index is 1.64. The second-order valence-electron chi connectivity index (χ2n) is 4.81. The van der Waals surface area contributed by atoms with Gasteiger partial charge in [0.1, 0.15) is 11.3 Å². The molecule has 3 rings (SSSR count). The van der Waals surface area contributed by atoms with E-state index in [0.29, 0.717) is 38.2 Å². The molecule has 0 aromatic carbocycles. The number of amides is 2. The van der Waals surface area contributed by atoms with Crippen molar-refractivity contribution in [3.63, 3.8) is 0 Å². The van der Waals surface area contributed by atoms with Gasteiger partial charge in [0.25, 0.3) is 5.91 Å². The van der Waals surface area contributed by atoms with Crippen LogP contribution in [0.5, 0.6) is 0 Å². The van der Waals surface area contributed by atoms with Crippen LogP contribution in [0.4, 0.5) is 4.79 Å². The third-order valence-corrected chi connectivity index (χ3v) is 3.61. The maximum Gasteiger partial charge on any atom is 0.407 e. The van der Waals surface area contributed by atoms with Crippen LogP contribution in [-0.2, 0) is 4.74 Å². The summed E-state index contributed by atoms with van der Waals surface area (Å²) in [6.45, 7) is 1.65. The Hall–Kier alpha value is -2.18. The fourth-order valence-corrected chi connectivity index (χ4v) is 2.47. The number of hydrogen-bond acceptors (Lipinski definition) is 5. The number of nitrogens with zero attached hydrogens (tertiary/aromatic N) is 3. The lowest BCUT2D eigenvalue weighted by molar-refractivity contribution is 0.00313. The molecule has 0 radical (unpaired) electrons. The van der Waals surface area contributed by atoms with Crippen LogP contribution in [0.3, 0.4) is 0 Å². The highest BCUT2D eigenvalue weighted by molar-refractivity contribution is 5.92. The number of rotatable bonds is 1. The van der Waals surface area contributed by atoms with Gasteiger partial charge in [-0.05, 0) is 0 Å². The Morgan fingerprint density at radius 3 is 2.74 bits per heavy atom. The summed E-state index contributed by atoms with van der Waals surface area (Å²) in [6.07, 6.45) is 5.43. The van der Waals surface area contributed by atoms with Gasteiger partial charge in [0.05, 0.1) is 12.7 Å². The molecule has 1 aromatic rings. The molecule has 1 spiro atoms. The first-order valence-corrected chi connectivity index (χ1v) is 6.21. The number of hydrogen-bond donors (Lipinski definition) is 1. The first-order chi connectivity index (χ1) is 9.19. The van der Waals surface area contributed by atoms with Crippen LogP contribution in [0.1, 0.15) is 23.3 Å². The second-order valence-corrected chi connectivity index (χ2v) is 4.81. The van der Waals surface area contributed by atoms with Crippen molar-refractivity contribution < 1.29 is 14.3 Å². The van der Waals surface area contributed by atoms with E-state index in [9.17, 15) is 9.59 Å². The van der Waals surface area contributed by atoms with Crippen molar-refractivity contribution >= 4 is 12.0 Å². The van der Waals surface area contributed by atoms with Crippen LogP contribution in [0.2, 0.25) is 0 Å². The predicted octanol–water partition coefficient (Wildman–Crippen LogP) is 0.191. The SMILES string of the molecule is O=C1NCC2(CCN(C(=O)c3cnccn3)CC2)O1. The minimum atomic E-state index is -0.434. The zero-order chi connectivity index (χ0) is 13.3. The standard InChI is InChI=1S/C12H14N4O3/c17-10(9-7-13-3-4-14-9)16-5-1-12(2-6-16)8-15-11(18)19-12/h3-4,7H,1-2,5-6,8H2,(H,15,18). The molecular weight excluding hydrogens is 248 g/mol. The largest absolute Gasteiger partial charge is 0.441 e. The normalized spacial score (nSPS) is 21.1. The number of carbonyl (C=O) groups excluding carboxylic acids is 2. The first-order valence-electron chi connectivity index (χ1n) is 6.21. The summed E-state index contributed by atoms with van der Waals surface area (Å²) in [7, 11) is 0. The minimum Gasteiger partial charge on any atom is -0.441 e. The average molecular weight is 262 g/mol. The topological polar surface area (TPSA) is 84.4 Å². The van der Waals surface area contributed by atoms with Gasteiger partial charge in [-0.15, -0.1) is 0 Å². The fourth-order valence-electron chi connectivity index (χ4n) is 2.47. The Morgan fingerprint density at radius 2 is 2.16 bits per heavy atom. The highest BCUT2D eigenvalue weighted by atomic mass is 16.6. The van der Waals surface area contributed by atoms with Gasteiger partial charge < -0.3 is 15.0 Å². The molecule has 2 fully saturated rings. The Morgan fingerprint density at radius 1 is 1.37 bits per heavy atom. The molecule has 0 atom stereocenters. The summed E-state index contributed by atoms with van der Waals surface area (Å²) in [5.41, 5.74) is -0.0871. The summed E-state index contributed by atoms with van der Waals surface area (Å²) < 4.78 is 5.31. The molecule has 0 saturated carbocycles. The van der Waals surface area contributed by atoms with Crippen LogP contribution >= 0.6 is 0 Å². The van der Waals surface area contributed by atoms with Gasteiger partial charge in [0, 0.05) is 38.3 Å². The molecule has 7 nitrogen and oxygen atoms in total. The van der Waals surface area contributed by atoms with Gasteiger partial charge in [-0.3, -0.25) is 9.78 Å². The number of carbonyl (C=O) groups is 2. The summed E-state index contributed by atoms with van der Waals surface area (Å²) in [5, 5.41) is 2.67. The molecule has 2 aliphatic rings. The number of nitrogens with one attached hydrogen (secondary N) is 1. The average Bonchev–Trinajstić information content (AvgIpc) is 2.81. The van der Waals surface area contributed by atoms with E-state index in [2.05, 4.69) is 15.3 Å². The van der Waals surface area contributed by atoms with Crippen molar-refractivity contribution in [1.82, 2.24) is 20.2 Å². The van der Waals surface area contributed by atoms with Crippen LogP contribution in [0.25, 0.3) is 0 Å². The lowest BCUT2D eigenvalue weighted by atomic mass is 9.91. The molecular formula is C12H14N4O3. The van der Waals surface area contributed by atoms with E-state index in [0.717, 1.165) is 0 Å². The number of likely N-dealkylation sites (tertiary alicyclic amines) is 1. The number of alkyl carbamates (subject to hydrolysis) is 1. The summed E-state index contributed by atoms with van der Waals surface area (Å²) in [5.74, 6) is -0.125. The van der Waals surface area contributed by atoms with E-state index in [1.165, 1.54) is 18.6 Å². The second kappa shape index (κ2) is 4.49. The van der Waals surface area contributed by atoms with Crippen molar-refractivity contribution in [3.8, 4) is 0 Å². The molecule has 0 aliphatic carbocycles. The number of ether oxygens (including phenoxy) is 1. The Bertz CT molecular complexity index is 497. The third-order valence-electron chi connectivity index (χ3n) is 3.61. The maximum absolute atomic E-state index is 12.2.